The van der Waals surface area contributed by atoms with Crippen molar-refractivity contribution in [3.05, 3.63) is 80.0 Å². The van der Waals surface area contributed by atoms with Gasteiger partial charge in [-0.15, -0.1) is 0 Å². The number of rotatable bonds is 4. The number of aryl methyl sites for hydroxylation is 2. The zero-order valence-corrected chi connectivity index (χ0v) is 20.1. The van der Waals surface area contributed by atoms with Crippen LogP contribution in [0.2, 0.25) is 10.0 Å². The van der Waals surface area contributed by atoms with Crippen LogP contribution in [0.5, 0.6) is 0 Å². The molecule has 31 heavy (non-hydrogen) atoms. The van der Waals surface area contributed by atoms with Crippen molar-refractivity contribution in [1.29, 1.82) is 0 Å². The molecule has 2 aliphatic rings. The number of ether oxygens (including phenoxy) is 1. The number of hydrogen-bond acceptors (Lipinski definition) is 3. The van der Waals surface area contributed by atoms with Crippen molar-refractivity contribution in [2.45, 2.75) is 26.7 Å². The Balaban J connectivity index is 1.69. The molecule has 0 amide bonds. The van der Waals surface area contributed by atoms with Crippen LogP contribution in [0, 0.1) is 13.8 Å². The first-order valence-corrected chi connectivity index (χ1v) is 11.7. The Kier molecular flexibility index (Phi) is 7.02. The SMILES string of the molecule is Cc1ccc(NC(=S)C2=C(N3CCOCC3)C(=Cc3ccc(Cl)cc3Cl)CC2)cc1C. The molecule has 0 atom stereocenters. The van der Waals surface area contributed by atoms with E-state index in [9.17, 15) is 0 Å². The van der Waals surface area contributed by atoms with Gasteiger partial charge in [0.2, 0.25) is 0 Å². The molecule has 0 spiro atoms. The maximum absolute atomic E-state index is 6.46. The average molecular weight is 473 g/mol. The van der Waals surface area contributed by atoms with Gasteiger partial charge in [-0.1, -0.05) is 47.6 Å². The predicted molar refractivity (Wildman–Crippen MR) is 135 cm³/mol. The summed E-state index contributed by atoms with van der Waals surface area (Å²) in [6, 6.07) is 12.0. The van der Waals surface area contributed by atoms with E-state index in [1.165, 1.54) is 28.0 Å². The first-order chi connectivity index (χ1) is 14.9. The van der Waals surface area contributed by atoms with Crippen LogP contribution < -0.4 is 5.32 Å². The van der Waals surface area contributed by atoms with Crippen LogP contribution in [0.25, 0.3) is 6.08 Å². The zero-order chi connectivity index (χ0) is 22.0. The maximum Gasteiger partial charge on any atom is 0.108 e. The molecule has 1 N–H and O–H groups in total. The highest BCUT2D eigenvalue weighted by Crippen LogP contribution is 2.38. The summed E-state index contributed by atoms with van der Waals surface area (Å²) in [5.41, 5.74) is 8.18. The first-order valence-electron chi connectivity index (χ1n) is 10.5. The lowest BCUT2D eigenvalue weighted by atomic mass is 10.1. The smallest absolute Gasteiger partial charge is 0.108 e. The lowest BCUT2D eigenvalue weighted by molar-refractivity contribution is 0.0548. The van der Waals surface area contributed by atoms with Gasteiger partial charge in [-0.3, -0.25) is 0 Å². The van der Waals surface area contributed by atoms with Crippen LogP contribution in [0.15, 0.2) is 53.2 Å². The Hall–Kier alpha value is -1.85. The second-order valence-electron chi connectivity index (χ2n) is 8.02. The molecule has 0 radical (unpaired) electrons. The number of nitrogens with zero attached hydrogens (tertiary/aromatic N) is 1. The molecule has 3 nitrogen and oxygen atoms in total. The van der Waals surface area contributed by atoms with Gasteiger partial charge < -0.3 is 15.0 Å². The van der Waals surface area contributed by atoms with Crippen molar-refractivity contribution in [1.82, 2.24) is 4.90 Å². The molecule has 2 aromatic carbocycles. The lowest BCUT2D eigenvalue weighted by Gasteiger charge is -2.32. The number of anilines is 1. The topological polar surface area (TPSA) is 24.5 Å². The molecule has 0 unspecified atom stereocenters. The number of allylic oxidation sites excluding steroid dienone is 1. The minimum absolute atomic E-state index is 0.641. The molecule has 0 bridgehead atoms. The third kappa shape index (κ3) is 5.15. The number of morpholine rings is 1. The molecule has 1 aliphatic carbocycles. The number of benzene rings is 2. The van der Waals surface area contributed by atoms with Gasteiger partial charge in [-0.05, 0) is 79.3 Å². The van der Waals surface area contributed by atoms with Crippen LogP contribution in [0.1, 0.15) is 29.5 Å². The van der Waals surface area contributed by atoms with Gasteiger partial charge in [0.1, 0.15) is 4.99 Å². The molecule has 2 aromatic rings. The summed E-state index contributed by atoms with van der Waals surface area (Å²) in [4.78, 5) is 3.19. The van der Waals surface area contributed by atoms with E-state index in [1.807, 2.05) is 12.1 Å². The van der Waals surface area contributed by atoms with Gasteiger partial charge in [0.15, 0.2) is 0 Å². The summed E-state index contributed by atoms with van der Waals surface area (Å²) < 4.78 is 5.59. The highest BCUT2D eigenvalue weighted by atomic mass is 35.5. The summed E-state index contributed by atoms with van der Waals surface area (Å²) in [6.45, 7) is 7.40. The molecule has 0 aromatic heterocycles. The molecule has 1 aliphatic heterocycles. The van der Waals surface area contributed by atoms with E-state index >= 15 is 0 Å². The minimum atomic E-state index is 0.641. The largest absolute Gasteiger partial charge is 0.378 e. The van der Waals surface area contributed by atoms with Crippen molar-refractivity contribution in [3.8, 4) is 0 Å². The van der Waals surface area contributed by atoms with Gasteiger partial charge in [-0.25, -0.2) is 0 Å². The van der Waals surface area contributed by atoms with E-state index in [4.69, 9.17) is 40.2 Å². The normalized spacial score (nSPS) is 18.1. The highest BCUT2D eigenvalue weighted by molar-refractivity contribution is 7.81. The number of hydrogen-bond donors (Lipinski definition) is 1. The van der Waals surface area contributed by atoms with Gasteiger partial charge in [0.25, 0.3) is 0 Å². The van der Waals surface area contributed by atoms with Gasteiger partial charge in [0.05, 0.1) is 13.2 Å². The lowest BCUT2D eigenvalue weighted by Crippen LogP contribution is -2.36. The third-order valence-electron chi connectivity index (χ3n) is 5.89. The second kappa shape index (κ2) is 9.74. The van der Waals surface area contributed by atoms with Crippen LogP contribution in [-0.4, -0.2) is 36.2 Å². The molecular formula is C25H26Cl2N2OS. The molecule has 1 heterocycles. The van der Waals surface area contributed by atoms with Crippen LogP contribution in [0.3, 0.4) is 0 Å². The van der Waals surface area contributed by atoms with Crippen molar-refractivity contribution in [3.63, 3.8) is 0 Å². The minimum Gasteiger partial charge on any atom is -0.378 e. The Morgan fingerprint density at radius 3 is 2.52 bits per heavy atom. The van der Waals surface area contributed by atoms with Crippen LogP contribution >= 0.6 is 35.4 Å². The Bertz CT molecular complexity index is 1070. The Morgan fingerprint density at radius 2 is 1.81 bits per heavy atom. The Labute approximate surface area is 199 Å². The predicted octanol–water partition coefficient (Wildman–Crippen LogP) is 6.81. The maximum atomic E-state index is 6.46. The molecule has 6 heteroatoms. The summed E-state index contributed by atoms with van der Waals surface area (Å²) in [6.07, 6.45) is 4.01. The molecule has 4 rings (SSSR count). The molecule has 1 saturated heterocycles. The van der Waals surface area contributed by atoms with Crippen molar-refractivity contribution < 1.29 is 4.74 Å². The third-order valence-corrected chi connectivity index (χ3v) is 6.80. The molecule has 1 fully saturated rings. The van der Waals surface area contributed by atoms with Crippen LogP contribution in [-0.2, 0) is 4.74 Å². The fourth-order valence-electron chi connectivity index (χ4n) is 4.06. The molecular weight excluding hydrogens is 447 g/mol. The van der Waals surface area contributed by atoms with Crippen molar-refractivity contribution in [2.75, 3.05) is 31.6 Å². The number of nitrogens with one attached hydrogen (secondary N) is 1. The monoisotopic (exact) mass is 472 g/mol. The van der Waals surface area contributed by atoms with Gasteiger partial charge >= 0.3 is 0 Å². The van der Waals surface area contributed by atoms with Gasteiger partial charge in [-0.2, -0.15) is 0 Å². The Morgan fingerprint density at radius 1 is 1.03 bits per heavy atom. The summed E-state index contributed by atoms with van der Waals surface area (Å²) in [5, 5.41) is 4.77. The highest BCUT2D eigenvalue weighted by Gasteiger charge is 2.28. The van der Waals surface area contributed by atoms with E-state index in [1.54, 1.807) is 6.07 Å². The van der Waals surface area contributed by atoms with Crippen LogP contribution in [0.4, 0.5) is 5.69 Å². The molecule has 0 saturated carbocycles. The summed E-state index contributed by atoms with van der Waals surface area (Å²) >= 11 is 18.4. The van der Waals surface area contributed by atoms with E-state index < -0.39 is 0 Å². The quantitative estimate of drug-likeness (QED) is 0.493. The average Bonchev–Trinajstić information content (AvgIpc) is 3.17. The van der Waals surface area contributed by atoms with E-state index in [2.05, 4.69) is 48.3 Å². The number of thiocarbonyl (C=S) groups is 1. The zero-order valence-electron chi connectivity index (χ0n) is 17.8. The standard InChI is InChI=1S/C25H26Cl2N2OS/c1-16-3-7-21(13-17(16)2)28-25(31)22-8-5-19(24(22)29-9-11-30-12-10-29)14-18-4-6-20(26)15-23(18)27/h3-4,6-7,13-15H,5,8-12H2,1-2H3,(H,28,31). The van der Waals surface area contributed by atoms with Gasteiger partial charge in [0, 0.05) is 40.1 Å². The first kappa shape index (κ1) is 22.3. The molecule has 162 valence electrons. The van der Waals surface area contributed by atoms with E-state index in [0.717, 1.165) is 55.4 Å². The van der Waals surface area contributed by atoms with Crippen molar-refractivity contribution >= 4 is 52.2 Å². The summed E-state index contributed by atoms with van der Waals surface area (Å²) in [7, 11) is 0. The fourth-order valence-corrected chi connectivity index (χ4v) is 4.84. The fraction of sp³-hybridized carbons (Fsp3) is 0.320. The van der Waals surface area contributed by atoms with Crippen molar-refractivity contribution in [2.24, 2.45) is 0 Å². The second-order valence-corrected chi connectivity index (χ2v) is 9.27. The summed E-state index contributed by atoms with van der Waals surface area (Å²) in [5.74, 6) is 0. The number of halogens is 2. The van der Waals surface area contributed by atoms with E-state index in [-0.39, 0.29) is 0 Å². The van der Waals surface area contributed by atoms with E-state index in [0.29, 0.717) is 10.0 Å².